The minimum atomic E-state index is -0.102. The van der Waals surface area contributed by atoms with Crippen molar-refractivity contribution in [1.82, 2.24) is 4.90 Å². The van der Waals surface area contributed by atoms with Crippen LogP contribution in [0.25, 0.3) is 11.0 Å². The predicted octanol–water partition coefficient (Wildman–Crippen LogP) is 4.78. The van der Waals surface area contributed by atoms with Gasteiger partial charge in [-0.25, -0.2) is 0 Å². The molecule has 1 aromatic heterocycles. The van der Waals surface area contributed by atoms with Crippen LogP contribution in [0.2, 0.25) is 0 Å². The molecule has 0 atom stereocenters. The first-order valence-electron chi connectivity index (χ1n) is 10.1. The Morgan fingerprint density at radius 3 is 2.52 bits per heavy atom. The molecule has 3 aromatic rings. The van der Waals surface area contributed by atoms with Crippen molar-refractivity contribution in [2.24, 2.45) is 0 Å². The van der Waals surface area contributed by atoms with Gasteiger partial charge in [-0.2, -0.15) is 0 Å². The van der Waals surface area contributed by atoms with Gasteiger partial charge in [-0.15, -0.1) is 0 Å². The summed E-state index contributed by atoms with van der Waals surface area (Å²) in [6.45, 7) is 7.63. The summed E-state index contributed by atoms with van der Waals surface area (Å²) >= 11 is 0. The van der Waals surface area contributed by atoms with Crippen LogP contribution < -0.4 is 5.32 Å². The van der Waals surface area contributed by atoms with Crippen LogP contribution in [0.3, 0.4) is 0 Å². The van der Waals surface area contributed by atoms with Gasteiger partial charge in [0.2, 0.25) is 5.91 Å². The lowest BCUT2D eigenvalue weighted by molar-refractivity contribution is -0.115. The molecule has 1 aliphatic rings. The zero-order valence-electron chi connectivity index (χ0n) is 17.2. The molecule has 0 aliphatic carbocycles. The average Bonchev–Trinajstić information content (AvgIpc) is 3.33. The quantitative estimate of drug-likeness (QED) is 0.698. The summed E-state index contributed by atoms with van der Waals surface area (Å²) < 4.78 is 5.65. The zero-order valence-corrected chi connectivity index (χ0v) is 17.2. The molecule has 5 heteroatoms. The summed E-state index contributed by atoms with van der Waals surface area (Å²) in [4.78, 5) is 27.1. The van der Waals surface area contributed by atoms with Crippen molar-refractivity contribution < 1.29 is 14.0 Å². The van der Waals surface area contributed by atoms with Crippen LogP contribution in [-0.4, -0.2) is 29.8 Å². The molecule has 150 valence electrons. The molecule has 0 spiro atoms. The maximum Gasteiger partial charge on any atom is 0.253 e. The summed E-state index contributed by atoms with van der Waals surface area (Å²) in [5.74, 6) is -0.0338. The number of carbonyl (C=O) groups excluding carboxylic acids is 2. The zero-order chi connectivity index (χ0) is 20.5. The van der Waals surface area contributed by atoms with Crippen LogP contribution in [-0.2, 0) is 11.2 Å². The van der Waals surface area contributed by atoms with E-state index >= 15 is 0 Å². The second-order valence-electron chi connectivity index (χ2n) is 7.97. The molecule has 0 radical (unpaired) electrons. The third-order valence-corrected chi connectivity index (χ3v) is 5.58. The van der Waals surface area contributed by atoms with Gasteiger partial charge in [-0.05, 0) is 74.6 Å². The smallest absolute Gasteiger partial charge is 0.253 e. The maximum absolute atomic E-state index is 12.7. The van der Waals surface area contributed by atoms with Crippen molar-refractivity contribution in [2.45, 2.75) is 40.0 Å². The number of likely N-dealkylation sites (tertiary alicyclic amines) is 1. The number of hydrogen-bond donors (Lipinski definition) is 1. The second-order valence-corrected chi connectivity index (χ2v) is 7.97. The van der Waals surface area contributed by atoms with E-state index in [0.29, 0.717) is 5.56 Å². The van der Waals surface area contributed by atoms with Crippen LogP contribution in [0.15, 0.2) is 41.0 Å². The molecular weight excluding hydrogens is 364 g/mol. The SMILES string of the molecule is Cc1cc(C)c2c(CC(=O)Nc3ccc(C(=O)N4CCCC4)cc3C)coc2c1. The lowest BCUT2D eigenvalue weighted by Crippen LogP contribution is -2.27. The van der Waals surface area contributed by atoms with Crippen LogP contribution in [0.1, 0.15) is 45.5 Å². The number of nitrogens with one attached hydrogen (secondary N) is 1. The largest absolute Gasteiger partial charge is 0.464 e. The Bertz CT molecular complexity index is 1090. The fourth-order valence-electron chi connectivity index (χ4n) is 4.16. The normalized spacial score (nSPS) is 13.8. The van der Waals surface area contributed by atoms with Crippen LogP contribution in [0.5, 0.6) is 0 Å². The number of nitrogens with zero attached hydrogens (tertiary/aromatic N) is 1. The van der Waals surface area contributed by atoms with Gasteiger partial charge in [-0.1, -0.05) is 6.07 Å². The maximum atomic E-state index is 12.7. The lowest BCUT2D eigenvalue weighted by atomic mass is 10.0. The molecule has 2 aromatic carbocycles. The molecule has 1 fully saturated rings. The Hall–Kier alpha value is -3.08. The standard InChI is InChI=1S/C24H26N2O3/c1-15-10-17(3)23-19(14-29-21(23)11-15)13-22(27)25-20-7-6-18(12-16(20)2)24(28)26-8-4-5-9-26/h6-7,10-12,14H,4-5,8-9,13H2,1-3H3,(H,25,27). The Labute approximate surface area is 170 Å². The Kier molecular flexibility index (Phi) is 5.14. The Morgan fingerprint density at radius 2 is 1.79 bits per heavy atom. The van der Waals surface area contributed by atoms with E-state index in [0.717, 1.165) is 64.8 Å². The highest BCUT2D eigenvalue weighted by atomic mass is 16.3. The van der Waals surface area contributed by atoms with Gasteiger partial charge >= 0.3 is 0 Å². The average molecular weight is 390 g/mol. The Morgan fingerprint density at radius 1 is 1.03 bits per heavy atom. The molecule has 1 saturated heterocycles. The van der Waals surface area contributed by atoms with Crippen LogP contribution in [0.4, 0.5) is 5.69 Å². The fourth-order valence-corrected chi connectivity index (χ4v) is 4.16. The summed E-state index contributed by atoms with van der Waals surface area (Å²) in [5.41, 5.74) is 6.23. The van der Waals surface area contributed by atoms with Crippen molar-refractivity contribution in [3.8, 4) is 0 Å². The van der Waals surface area contributed by atoms with Gasteiger partial charge in [0.05, 0.1) is 12.7 Å². The van der Waals surface area contributed by atoms with Gasteiger partial charge in [0, 0.05) is 35.3 Å². The monoisotopic (exact) mass is 390 g/mol. The van der Waals surface area contributed by atoms with Gasteiger partial charge in [0.15, 0.2) is 0 Å². The first-order chi connectivity index (χ1) is 13.9. The molecule has 2 heterocycles. The van der Waals surface area contributed by atoms with Gasteiger partial charge < -0.3 is 14.6 Å². The molecule has 1 aliphatic heterocycles. The number of furan rings is 1. The third-order valence-electron chi connectivity index (χ3n) is 5.58. The van der Waals surface area contributed by atoms with Crippen molar-refractivity contribution in [3.63, 3.8) is 0 Å². The summed E-state index contributed by atoms with van der Waals surface area (Å²) in [6.07, 6.45) is 4.05. The van der Waals surface area contributed by atoms with Crippen LogP contribution in [0, 0.1) is 20.8 Å². The first kappa shape index (κ1) is 19.2. The molecule has 4 rings (SSSR count). The third kappa shape index (κ3) is 3.90. The lowest BCUT2D eigenvalue weighted by Gasteiger charge is -2.16. The highest BCUT2D eigenvalue weighted by Crippen LogP contribution is 2.27. The molecule has 0 saturated carbocycles. The van der Waals surface area contributed by atoms with E-state index in [9.17, 15) is 9.59 Å². The number of fused-ring (bicyclic) bond motifs is 1. The molecular formula is C24H26N2O3. The van der Waals surface area contributed by atoms with Crippen molar-refractivity contribution in [2.75, 3.05) is 18.4 Å². The van der Waals surface area contributed by atoms with E-state index in [2.05, 4.69) is 11.4 Å². The van der Waals surface area contributed by atoms with Crippen LogP contribution >= 0.6 is 0 Å². The van der Waals surface area contributed by atoms with Crippen molar-refractivity contribution in [1.29, 1.82) is 0 Å². The second kappa shape index (κ2) is 7.74. The molecule has 5 nitrogen and oxygen atoms in total. The molecule has 2 amide bonds. The number of hydrogen-bond acceptors (Lipinski definition) is 3. The highest BCUT2D eigenvalue weighted by molar-refractivity contribution is 5.98. The number of carbonyl (C=O) groups is 2. The minimum absolute atomic E-state index is 0.0686. The number of benzene rings is 2. The topological polar surface area (TPSA) is 62.6 Å². The van der Waals surface area contributed by atoms with Gasteiger partial charge in [0.1, 0.15) is 5.58 Å². The number of aryl methyl sites for hydroxylation is 3. The van der Waals surface area contributed by atoms with E-state index in [1.54, 1.807) is 12.3 Å². The number of amides is 2. The molecule has 0 bridgehead atoms. The summed E-state index contributed by atoms with van der Waals surface area (Å²) in [7, 11) is 0. The summed E-state index contributed by atoms with van der Waals surface area (Å²) in [5, 5.41) is 3.98. The molecule has 0 unspecified atom stereocenters. The fraction of sp³-hybridized carbons (Fsp3) is 0.333. The van der Waals surface area contributed by atoms with Crippen molar-refractivity contribution in [3.05, 3.63) is 64.4 Å². The number of anilines is 1. The number of rotatable bonds is 4. The predicted molar refractivity (Wildman–Crippen MR) is 114 cm³/mol. The Balaban J connectivity index is 1.48. The summed E-state index contributed by atoms with van der Waals surface area (Å²) in [6, 6.07) is 9.56. The minimum Gasteiger partial charge on any atom is -0.464 e. The van der Waals surface area contributed by atoms with E-state index in [1.807, 2.05) is 43.9 Å². The first-order valence-corrected chi connectivity index (χ1v) is 10.1. The highest BCUT2D eigenvalue weighted by Gasteiger charge is 2.20. The van der Waals surface area contributed by atoms with E-state index in [1.165, 1.54) is 0 Å². The molecule has 29 heavy (non-hydrogen) atoms. The molecule has 1 N–H and O–H groups in total. The van der Waals surface area contributed by atoms with Gasteiger partial charge in [0.25, 0.3) is 5.91 Å². The van der Waals surface area contributed by atoms with Gasteiger partial charge in [-0.3, -0.25) is 9.59 Å². The van der Waals surface area contributed by atoms with Crippen molar-refractivity contribution >= 4 is 28.5 Å². The van der Waals surface area contributed by atoms with E-state index in [4.69, 9.17) is 4.42 Å². The van der Waals surface area contributed by atoms with E-state index < -0.39 is 0 Å². The van der Waals surface area contributed by atoms with E-state index in [-0.39, 0.29) is 18.2 Å².